The Bertz CT molecular complexity index is 586. The van der Waals surface area contributed by atoms with Crippen molar-refractivity contribution in [1.82, 2.24) is 10.6 Å². The lowest BCUT2D eigenvalue weighted by Crippen LogP contribution is -2.50. The van der Waals surface area contributed by atoms with Crippen molar-refractivity contribution in [2.45, 2.75) is 81.1 Å². The summed E-state index contributed by atoms with van der Waals surface area (Å²) in [6, 6.07) is -0.238. The van der Waals surface area contributed by atoms with E-state index in [2.05, 4.69) is 26.6 Å². The van der Waals surface area contributed by atoms with E-state index in [1.165, 1.54) is 0 Å². The molecule has 2 saturated carbocycles. The highest BCUT2D eigenvalue weighted by atomic mass is 79.9. The Morgan fingerprint density at radius 1 is 1.35 bits per heavy atom. The van der Waals surface area contributed by atoms with Crippen LogP contribution in [0.15, 0.2) is 11.6 Å². The minimum Gasteiger partial charge on any atom is -0.353 e. The van der Waals surface area contributed by atoms with E-state index in [-0.39, 0.29) is 48.6 Å². The normalized spacial score (nSPS) is 38.6. The van der Waals surface area contributed by atoms with Gasteiger partial charge in [-0.3, -0.25) is 9.59 Å². The van der Waals surface area contributed by atoms with Gasteiger partial charge in [-0.1, -0.05) is 28.4 Å². The molecule has 0 aromatic carbocycles. The number of alkyl halides is 3. The number of rotatable bonds is 4. The van der Waals surface area contributed by atoms with Gasteiger partial charge in [0.15, 0.2) is 0 Å². The van der Waals surface area contributed by atoms with Crippen LogP contribution >= 0.6 is 15.9 Å². The fraction of sp³-hybridized carbons (Fsp3) is 0.789. The molecule has 2 aliphatic carbocycles. The van der Waals surface area contributed by atoms with Gasteiger partial charge in [0.2, 0.25) is 11.8 Å². The molecule has 2 fully saturated rings. The molecule has 2 amide bonds. The first kappa shape index (κ1) is 19.8. The van der Waals surface area contributed by atoms with E-state index >= 15 is 0 Å². The molecule has 3 rings (SSSR count). The Labute approximate surface area is 161 Å². The van der Waals surface area contributed by atoms with Crippen molar-refractivity contribution < 1.29 is 18.4 Å². The number of hydrogen-bond donors (Lipinski definition) is 2. The number of carbonyl (C=O) groups excluding carboxylic acids is 2. The Morgan fingerprint density at radius 2 is 2.12 bits per heavy atom. The molecule has 7 atom stereocenters. The van der Waals surface area contributed by atoms with E-state index in [4.69, 9.17) is 0 Å². The van der Waals surface area contributed by atoms with Crippen molar-refractivity contribution in [3.05, 3.63) is 11.6 Å². The first-order valence-corrected chi connectivity index (χ1v) is 10.5. The molecule has 6 unspecified atom stereocenters. The maximum Gasteiger partial charge on any atom is 0.247 e. The molecule has 1 aliphatic heterocycles. The molecule has 1 heterocycles. The largest absolute Gasteiger partial charge is 0.353 e. The third-order valence-electron chi connectivity index (χ3n) is 6.02. The smallest absolute Gasteiger partial charge is 0.247 e. The van der Waals surface area contributed by atoms with Gasteiger partial charge in [-0.2, -0.15) is 0 Å². The summed E-state index contributed by atoms with van der Waals surface area (Å²) < 4.78 is 27.3. The van der Waals surface area contributed by atoms with Gasteiger partial charge in [0.05, 0.1) is 6.42 Å². The molecule has 4 nitrogen and oxygen atoms in total. The average Bonchev–Trinajstić information content (AvgIpc) is 2.56. The van der Waals surface area contributed by atoms with Crippen LogP contribution in [0.3, 0.4) is 0 Å². The SMILES string of the molecule is C[C@H](NC(=O)CC1=CC2C(Br)CCCC2NC1=O)C1CCC(F)CC1F. The second-order valence-corrected chi connectivity index (χ2v) is 9.10. The van der Waals surface area contributed by atoms with Crippen molar-refractivity contribution in [1.29, 1.82) is 0 Å². The molecule has 7 heteroatoms. The van der Waals surface area contributed by atoms with Gasteiger partial charge in [-0.15, -0.1) is 0 Å². The van der Waals surface area contributed by atoms with Crippen molar-refractivity contribution >= 4 is 27.7 Å². The molecule has 0 radical (unpaired) electrons. The predicted octanol–water partition coefficient (Wildman–Crippen LogP) is 3.35. The molecule has 2 N–H and O–H groups in total. The van der Waals surface area contributed by atoms with Crippen molar-refractivity contribution in [2.24, 2.45) is 11.8 Å². The van der Waals surface area contributed by atoms with Crippen LogP contribution in [-0.2, 0) is 9.59 Å². The van der Waals surface area contributed by atoms with Crippen LogP contribution in [0.5, 0.6) is 0 Å². The predicted molar refractivity (Wildman–Crippen MR) is 99.4 cm³/mol. The summed E-state index contributed by atoms with van der Waals surface area (Å²) >= 11 is 3.68. The van der Waals surface area contributed by atoms with Gasteiger partial charge in [-0.05, 0) is 32.6 Å². The highest BCUT2D eigenvalue weighted by Gasteiger charge is 2.37. The zero-order valence-electron chi connectivity index (χ0n) is 15.0. The van der Waals surface area contributed by atoms with Gasteiger partial charge in [0.25, 0.3) is 0 Å². The molecule has 0 saturated heterocycles. The Morgan fingerprint density at radius 3 is 2.85 bits per heavy atom. The summed E-state index contributed by atoms with van der Waals surface area (Å²) in [6.45, 7) is 1.76. The first-order chi connectivity index (χ1) is 12.3. The maximum absolute atomic E-state index is 14.1. The van der Waals surface area contributed by atoms with Crippen LogP contribution in [0, 0.1) is 11.8 Å². The molecule has 26 heavy (non-hydrogen) atoms. The zero-order chi connectivity index (χ0) is 18.8. The summed E-state index contributed by atoms with van der Waals surface area (Å²) in [5.41, 5.74) is 0.478. The van der Waals surface area contributed by atoms with Crippen LogP contribution in [0.2, 0.25) is 0 Å². The average molecular weight is 433 g/mol. The third-order valence-corrected chi connectivity index (χ3v) is 7.09. The summed E-state index contributed by atoms with van der Waals surface area (Å²) in [5, 5.41) is 5.83. The van der Waals surface area contributed by atoms with Crippen LogP contribution in [-0.4, -0.2) is 41.1 Å². The maximum atomic E-state index is 14.1. The van der Waals surface area contributed by atoms with E-state index < -0.39 is 12.3 Å². The summed E-state index contributed by atoms with van der Waals surface area (Å²) in [7, 11) is 0. The van der Waals surface area contributed by atoms with E-state index in [1.54, 1.807) is 6.92 Å². The number of nitrogens with one attached hydrogen (secondary N) is 2. The lowest BCUT2D eigenvalue weighted by Gasteiger charge is -2.38. The molecular weight excluding hydrogens is 406 g/mol. The van der Waals surface area contributed by atoms with Crippen LogP contribution in [0.4, 0.5) is 8.78 Å². The van der Waals surface area contributed by atoms with Crippen LogP contribution < -0.4 is 10.6 Å². The number of halogens is 3. The molecule has 146 valence electrons. The third kappa shape index (κ3) is 4.46. The number of carbonyl (C=O) groups is 2. The van der Waals surface area contributed by atoms with E-state index in [1.807, 2.05) is 6.08 Å². The number of hydrogen-bond acceptors (Lipinski definition) is 2. The Hall–Kier alpha value is -0.980. The fourth-order valence-electron chi connectivity index (χ4n) is 4.51. The number of fused-ring (bicyclic) bond motifs is 1. The first-order valence-electron chi connectivity index (χ1n) is 9.58. The minimum atomic E-state index is -1.23. The number of amides is 2. The van der Waals surface area contributed by atoms with E-state index in [0.717, 1.165) is 19.3 Å². The highest BCUT2D eigenvalue weighted by Crippen LogP contribution is 2.35. The Balaban J connectivity index is 1.58. The quantitative estimate of drug-likeness (QED) is 0.669. The lowest BCUT2D eigenvalue weighted by atomic mass is 9.80. The topological polar surface area (TPSA) is 58.2 Å². The molecule has 0 aromatic heterocycles. The summed E-state index contributed by atoms with van der Waals surface area (Å²) in [5.74, 6) is -0.628. The minimum absolute atomic E-state index is 0.00543. The van der Waals surface area contributed by atoms with Crippen molar-refractivity contribution in [3.8, 4) is 0 Å². The monoisotopic (exact) mass is 432 g/mol. The lowest BCUT2D eigenvalue weighted by molar-refractivity contribution is -0.125. The van der Waals surface area contributed by atoms with Gasteiger partial charge in [-0.25, -0.2) is 8.78 Å². The van der Waals surface area contributed by atoms with Crippen molar-refractivity contribution in [2.75, 3.05) is 0 Å². The summed E-state index contributed by atoms with van der Waals surface area (Å²) in [6.07, 6.45) is 3.38. The van der Waals surface area contributed by atoms with E-state index in [0.29, 0.717) is 23.2 Å². The van der Waals surface area contributed by atoms with Gasteiger partial charge >= 0.3 is 0 Å². The van der Waals surface area contributed by atoms with Gasteiger partial charge in [0.1, 0.15) is 12.3 Å². The second kappa shape index (κ2) is 8.36. The van der Waals surface area contributed by atoms with Crippen LogP contribution in [0.1, 0.15) is 51.9 Å². The Kier molecular flexibility index (Phi) is 6.36. The van der Waals surface area contributed by atoms with E-state index in [9.17, 15) is 18.4 Å². The zero-order valence-corrected chi connectivity index (χ0v) is 16.6. The summed E-state index contributed by atoms with van der Waals surface area (Å²) in [4.78, 5) is 25.0. The molecular formula is C19H27BrF2N2O2. The standard InChI is InChI=1S/C19H27BrF2N2O2/c1-10(13-6-5-12(21)9-16(13)22)23-18(25)8-11-7-14-15(20)3-2-4-17(14)24-19(11)26/h7,10,12-17H,2-6,8-9H2,1H3,(H,23,25)(H,24,26)/t10-,12?,13?,14?,15?,16?,17?/m0/s1. The van der Waals surface area contributed by atoms with Gasteiger partial charge in [0, 0.05) is 40.7 Å². The highest BCUT2D eigenvalue weighted by molar-refractivity contribution is 9.09. The van der Waals surface area contributed by atoms with Crippen molar-refractivity contribution in [3.63, 3.8) is 0 Å². The van der Waals surface area contributed by atoms with Gasteiger partial charge < -0.3 is 10.6 Å². The van der Waals surface area contributed by atoms with Crippen LogP contribution in [0.25, 0.3) is 0 Å². The molecule has 0 bridgehead atoms. The molecule has 3 aliphatic rings. The molecule has 0 aromatic rings. The second-order valence-electron chi connectivity index (χ2n) is 7.92. The fourth-order valence-corrected chi connectivity index (χ4v) is 5.35. The molecule has 0 spiro atoms.